The molecular formula is C16H13Cl7NSb. The first-order chi connectivity index (χ1) is 11.2. The summed E-state index contributed by atoms with van der Waals surface area (Å²) in [5.74, 6) is 0. The number of aryl methyl sites for hydroxylation is 1. The van der Waals surface area contributed by atoms with Crippen molar-refractivity contribution in [3.05, 3.63) is 65.3 Å². The van der Waals surface area contributed by atoms with E-state index in [0.29, 0.717) is 0 Å². The Labute approximate surface area is 171 Å². The fourth-order valence-electron chi connectivity index (χ4n) is 2.25. The monoisotopic (exact) mass is 585 g/mol. The molecule has 0 spiro atoms. The molecule has 1 aromatic heterocycles. The van der Waals surface area contributed by atoms with Gasteiger partial charge in [-0.2, -0.15) is 0 Å². The first-order valence-corrected chi connectivity index (χ1v) is 26.7. The fourth-order valence-corrected chi connectivity index (χ4v) is 2.42. The standard InChI is InChI=1S/C16H12ClN.6ClH.Sb/c1-11-9-14(12-5-3-2-4-6-12)15-10-13(17)7-8-16(15)18-11;;;;;;;/h2-10H,1H3;6*1H;/q;;;;;;;+5/p-5. The van der Waals surface area contributed by atoms with Crippen LogP contribution in [0.15, 0.2) is 54.6 Å². The zero-order valence-electron chi connectivity index (χ0n) is 12.8. The number of benzene rings is 2. The zero-order chi connectivity index (χ0) is 18.9. The Bertz CT molecular complexity index is 895. The van der Waals surface area contributed by atoms with Gasteiger partial charge in [0, 0.05) is 29.6 Å². The number of pyridine rings is 1. The third-order valence-corrected chi connectivity index (χ3v) is 3.28. The molecule has 0 aliphatic rings. The molecule has 0 aliphatic carbocycles. The van der Waals surface area contributed by atoms with Gasteiger partial charge in [-0.3, -0.25) is 0 Å². The van der Waals surface area contributed by atoms with Gasteiger partial charge >= 0.3 is 62.1 Å². The Kier molecular flexibility index (Phi) is 6.39. The van der Waals surface area contributed by atoms with Crippen LogP contribution in [-0.4, -0.2) is 9.14 Å². The number of hydrogen-bond donors (Lipinski definition) is 0. The van der Waals surface area contributed by atoms with Crippen molar-refractivity contribution in [3.63, 3.8) is 0 Å². The Morgan fingerprint density at radius 2 is 1.36 bits per heavy atom. The molecule has 25 heavy (non-hydrogen) atoms. The first kappa shape index (κ1) is 22.0. The van der Waals surface area contributed by atoms with Crippen LogP contribution < -0.4 is 4.98 Å². The molecule has 0 fully saturated rings. The van der Waals surface area contributed by atoms with Crippen LogP contribution in [0.5, 0.6) is 0 Å². The van der Waals surface area contributed by atoms with E-state index >= 15 is 0 Å². The molecule has 2 aromatic carbocycles. The molecule has 1 nitrogen and oxygen atoms in total. The van der Waals surface area contributed by atoms with E-state index in [1.165, 1.54) is 11.1 Å². The van der Waals surface area contributed by atoms with Crippen LogP contribution >= 0.6 is 64.6 Å². The van der Waals surface area contributed by atoms with Crippen LogP contribution in [0.4, 0.5) is 0 Å². The Morgan fingerprint density at radius 1 is 0.800 bits per heavy atom. The van der Waals surface area contributed by atoms with Gasteiger partial charge in [-0.1, -0.05) is 41.9 Å². The van der Waals surface area contributed by atoms with Crippen LogP contribution in [-0.2, 0) is 0 Å². The quantitative estimate of drug-likeness (QED) is 0.255. The number of aromatic nitrogens is 1. The van der Waals surface area contributed by atoms with Gasteiger partial charge in [-0.25, -0.2) is 4.98 Å². The van der Waals surface area contributed by atoms with Gasteiger partial charge in [0.05, 0.1) is 5.39 Å². The number of nitrogens with one attached hydrogen (secondary N) is 1. The molecule has 3 aromatic rings. The van der Waals surface area contributed by atoms with Crippen molar-refractivity contribution < 1.29 is 4.98 Å². The van der Waals surface area contributed by atoms with Crippen molar-refractivity contribution in [1.29, 1.82) is 0 Å². The second-order valence-corrected chi connectivity index (χ2v) is 62.7. The molecule has 3 rings (SSSR count). The van der Waals surface area contributed by atoms with Gasteiger partial charge in [-0.15, -0.1) is 0 Å². The first-order valence-electron chi connectivity index (χ1n) is 6.93. The Morgan fingerprint density at radius 3 is 1.92 bits per heavy atom. The maximum atomic E-state index is 6.10. The molecule has 0 radical (unpaired) electrons. The number of rotatable bonds is 1. The molecular weight excluding hydrogens is 576 g/mol. The van der Waals surface area contributed by atoms with Crippen LogP contribution in [0, 0.1) is 6.92 Å². The summed E-state index contributed by atoms with van der Waals surface area (Å²) in [7, 11) is 25.0. The number of aromatic amines is 1. The molecule has 0 saturated carbocycles. The normalized spacial score (nSPS) is 14.2. The fraction of sp³-hybridized carbons (Fsp3) is 0.0625. The summed E-state index contributed by atoms with van der Waals surface area (Å²) in [6, 6.07) is 18.5. The molecule has 1 N–H and O–H groups in total. The second kappa shape index (κ2) is 7.26. The number of halogens is 7. The SMILES string of the molecule is Cc1cc(-c2ccccc2)c2cc(Cl)ccc2[nH+]1.[Cl][Sb-]([Cl])([Cl])([Cl])([Cl])[Cl]. The third-order valence-electron chi connectivity index (χ3n) is 3.05. The molecule has 0 atom stereocenters. The molecule has 0 unspecified atom stereocenters. The number of fused-ring (bicyclic) bond motifs is 1. The van der Waals surface area contributed by atoms with Gasteiger partial charge in [0.15, 0.2) is 5.69 Å². The van der Waals surface area contributed by atoms with E-state index < -0.39 is 9.14 Å². The van der Waals surface area contributed by atoms with E-state index in [1.807, 2.05) is 24.3 Å². The summed E-state index contributed by atoms with van der Waals surface area (Å²) in [5, 5.41) is 1.91. The van der Waals surface area contributed by atoms with E-state index in [1.54, 1.807) is 0 Å². The van der Waals surface area contributed by atoms with Gasteiger partial charge in [-0.05, 0) is 17.7 Å². The predicted octanol–water partition coefficient (Wildman–Crippen LogP) is 8.04. The van der Waals surface area contributed by atoms with Crippen molar-refractivity contribution in [2.75, 3.05) is 0 Å². The van der Waals surface area contributed by atoms with Crippen LogP contribution in [0.3, 0.4) is 0 Å². The second-order valence-electron chi connectivity index (χ2n) is 5.38. The Hall–Kier alpha value is 0.698. The molecule has 0 amide bonds. The van der Waals surface area contributed by atoms with Crippen LogP contribution in [0.25, 0.3) is 22.0 Å². The summed E-state index contributed by atoms with van der Waals surface area (Å²) >= 11 is 6.10. The average Bonchev–Trinajstić information content (AvgIpc) is 2.44. The van der Waals surface area contributed by atoms with Crippen molar-refractivity contribution in [3.8, 4) is 11.1 Å². The minimum atomic E-state index is -5.42. The van der Waals surface area contributed by atoms with Gasteiger partial charge in [0.25, 0.3) is 0 Å². The third kappa shape index (κ3) is 8.95. The minimum absolute atomic E-state index is 0.761. The summed E-state index contributed by atoms with van der Waals surface area (Å²) < 4.78 is 0. The van der Waals surface area contributed by atoms with Crippen LogP contribution in [0.1, 0.15) is 5.69 Å². The summed E-state index contributed by atoms with van der Waals surface area (Å²) in [6.45, 7) is 2.07. The molecule has 0 aliphatic heterocycles. The van der Waals surface area contributed by atoms with E-state index in [4.69, 9.17) is 64.6 Å². The molecule has 0 bridgehead atoms. The average molecular weight is 589 g/mol. The summed E-state index contributed by atoms with van der Waals surface area (Å²) in [4.78, 5) is 3.37. The van der Waals surface area contributed by atoms with Gasteiger partial charge in [0.2, 0.25) is 5.52 Å². The van der Waals surface area contributed by atoms with Crippen molar-refractivity contribution in [2.24, 2.45) is 0 Å². The molecule has 0 saturated heterocycles. The van der Waals surface area contributed by atoms with Gasteiger partial charge in [0.1, 0.15) is 0 Å². The van der Waals surface area contributed by atoms with Crippen molar-refractivity contribution in [2.45, 2.75) is 6.92 Å². The zero-order valence-corrected chi connectivity index (χ0v) is 20.6. The van der Waals surface area contributed by atoms with Gasteiger partial charge < -0.3 is 0 Å². The number of hydrogen-bond acceptors (Lipinski definition) is 0. The molecule has 1 heterocycles. The van der Waals surface area contributed by atoms with Crippen LogP contribution in [0.2, 0.25) is 5.02 Å². The van der Waals surface area contributed by atoms with E-state index in [0.717, 1.165) is 21.6 Å². The summed E-state index contributed by atoms with van der Waals surface area (Å²) in [5.41, 5.74) is 4.67. The van der Waals surface area contributed by atoms with E-state index in [9.17, 15) is 0 Å². The van der Waals surface area contributed by atoms with Crippen molar-refractivity contribution >= 4 is 84.6 Å². The Balaban J connectivity index is 0.000000277. The molecule has 9 heteroatoms. The van der Waals surface area contributed by atoms with Crippen molar-refractivity contribution in [1.82, 2.24) is 0 Å². The maximum absolute atomic E-state index is 6.10. The van der Waals surface area contributed by atoms with E-state index in [-0.39, 0.29) is 0 Å². The predicted molar refractivity (Wildman–Crippen MR) is 117 cm³/mol. The topological polar surface area (TPSA) is 14.1 Å². The number of H-pyrrole nitrogens is 1. The van der Waals surface area contributed by atoms with E-state index in [2.05, 4.69) is 42.2 Å². The summed E-state index contributed by atoms with van der Waals surface area (Å²) in [6.07, 6.45) is 0. The molecule has 136 valence electrons.